The number of ether oxygens (including phenoxy) is 1. The fourth-order valence-electron chi connectivity index (χ4n) is 3.67. The zero-order valence-electron chi connectivity index (χ0n) is 14.1. The zero-order valence-corrected chi connectivity index (χ0v) is 14.9. The van der Waals surface area contributed by atoms with E-state index in [2.05, 4.69) is 29.5 Å². The van der Waals surface area contributed by atoms with Crippen molar-refractivity contribution in [1.82, 2.24) is 10.6 Å². The van der Waals surface area contributed by atoms with Gasteiger partial charge in [-0.25, -0.2) is 8.42 Å². The van der Waals surface area contributed by atoms with E-state index < -0.39 is 9.84 Å². The molecule has 5 unspecified atom stereocenters. The van der Waals surface area contributed by atoms with Gasteiger partial charge in [0.05, 0.1) is 29.8 Å². The molecule has 0 aromatic heterocycles. The van der Waals surface area contributed by atoms with Crippen LogP contribution in [0.15, 0.2) is 4.99 Å². The summed E-state index contributed by atoms with van der Waals surface area (Å²) in [6, 6.07) is 0.671. The van der Waals surface area contributed by atoms with Crippen LogP contribution in [-0.2, 0) is 14.6 Å². The first-order valence-electron chi connectivity index (χ1n) is 8.88. The van der Waals surface area contributed by atoms with E-state index in [-0.39, 0.29) is 11.7 Å². The molecule has 2 N–H and O–H groups in total. The Morgan fingerprint density at radius 1 is 1.35 bits per heavy atom. The molecule has 132 valence electrons. The lowest BCUT2D eigenvalue weighted by molar-refractivity contribution is 0.0992. The molecule has 3 fully saturated rings. The number of nitrogens with zero attached hydrogens (tertiary/aromatic N) is 1. The van der Waals surface area contributed by atoms with Crippen LogP contribution in [-0.4, -0.2) is 56.7 Å². The summed E-state index contributed by atoms with van der Waals surface area (Å²) in [5.74, 6) is 1.57. The number of guanidine groups is 1. The van der Waals surface area contributed by atoms with Gasteiger partial charge in [0.1, 0.15) is 0 Å². The van der Waals surface area contributed by atoms with Crippen LogP contribution in [0, 0.1) is 5.92 Å². The summed E-state index contributed by atoms with van der Waals surface area (Å²) in [6.45, 7) is 4.85. The Balaban J connectivity index is 1.59. The molecule has 0 saturated carbocycles. The highest BCUT2D eigenvalue weighted by Crippen LogP contribution is 2.34. The van der Waals surface area contributed by atoms with Gasteiger partial charge in [-0.2, -0.15) is 0 Å². The van der Waals surface area contributed by atoms with Gasteiger partial charge in [-0.1, -0.05) is 6.92 Å². The van der Waals surface area contributed by atoms with Crippen LogP contribution >= 0.6 is 0 Å². The average molecular weight is 343 g/mol. The third-order valence-corrected chi connectivity index (χ3v) is 7.09. The van der Waals surface area contributed by atoms with E-state index in [1.807, 2.05) is 0 Å². The van der Waals surface area contributed by atoms with Crippen molar-refractivity contribution >= 4 is 15.8 Å². The Labute approximate surface area is 139 Å². The van der Waals surface area contributed by atoms with Gasteiger partial charge in [0, 0.05) is 12.6 Å². The fraction of sp³-hybridized carbons (Fsp3) is 0.938. The van der Waals surface area contributed by atoms with Gasteiger partial charge in [-0.3, -0.25) is 4.99 Å². The second-order valence-corrected chi connectivity index (χ2v) is 9.50. The Hall–Kier alpha value is -0.820. The number of nitrogens with one attached hydrogen (secondary N) is 2. The molecule has 23 heavy (non-hydrogen) atoms. The van der Waals surface area contributed by atoms with Crippen molar-refractivity contribution in [2.24, 2.45) is 10.9 Å². The van der Waals surface area contributed by atoms with Crippen molar-refractivity contribution in [3.63, 3.8) is 0 Å². The van der Waals surface area contributed by atoms with Crippen LogP contribution in [0.4, 0.5) is 0 Å². The number of fused-ring (bicyclic) bond motifs is 2. The highest BCUT2D eigenvalue weighted by molar-refractivity contribution is 7.91. The number of hydrogen-bond donors (Lipinski definition) is 2. The first-order valence-corrected chi connectivity index (χ1v) is 10.7. The van der Waals surface area contributed by atoms with E-state index in [9.17, 15) is 8.42 Å². The predicted octanol–water partition coefficient (Wildman–Crippen LogP) is 1.07. The molecule has 0 radical (unpaired) electrons. The molecule has 0 spiro atoms. The van der Waals surface area contributed by atoms with Crippen LogP contribution in [0.2, 0.25) is 0 Å². The molecular weight excluding hydrogens is 314 g/mol. The summed E-state index contributed by atoms with van der Waals surface area (Å²) in [6.07, 6.45) is 5.81. The molecule has 3 heterocycles. The third kappa shape index (κ3) is 4.38. The van der Waals surface area contributed by atoms with E-state index in [0.29, 0.717) is 36.6 Å². The van der Waals surface area contributed by atoms with Crippen LogP contribution in [0.25, 0.3) is 0 Å². The molecule has 5 atom stereocenters. The standard InChI is InChI=1S/C16H29N3O3S/c1-3-11(2)18-16(17-9-12-6-7-23(20,21)10-12)19-14-8-13-4-5-15(14)22-13/h11-15H,3-10H2,1-2H3,(H2,17,18,19). The largest absolute Gasteiger partial charge is 0.373 e. The zero-order chi connectivity index (χ0) is 16.4. The number of aliphatic imine (C=N–C) groups is 1. The molecule has 3 rings (SSSR count). The molecule has 0 aliphatic carbocycles. The summed E-state index contributed by atoms with van der Waals surface area (Å²) < 4.78 is 29.1. The second kappa shape index (κ2) is 6.97. The van der Waals surface area contributed by atoms with Gasteiger partial charge in [0.25, 0.3) is 0 Å². The summed E-state index contributed by atoms with van der Waals surface area (Å²) in [5, 5.41) is 6.95. The van der Waals surface area contributed by atoms with Gasteiger partial charge < -0.3 is 15.4 Å². The Kier molecular flexibility index (Phi) is 5.16. The minimum absolute atomic E-state index is 0.159. The SMILES string of the molecule is CCC(C)NC(=NCC1CCS(=O)(=O)C1)NC1CC2CCC1O2. The molecule has 0 aromatic rings. The van der Waals surface area contributed by atoms with Crippen LogP contribution in [0.5, 0.6) is 0 Å². The second-order valence-electron chi connectivity index (χ2n) is 7.27. The predicted molar refractivity (Wildman–Crippen MR) is 91.4 cm³/mol. The summed E-state index contributed by atoms with van der Waals surface area (Å²) in [4.78, 5) is 4.68. The van der Waals surface area contributed by atoms with E-state index in [1.165, 1.54) is 6.42 Å². The van der Waals surface area contributed by atoms with E-state index in [1.54, 1.807) is 0 Å². The fourth-order valence-corrected chi connectivity index (χ4v) is 5.52. The topological polar surface area (TPSA) is 79.8 Å². The van der Waals surface area contributed by atoms with Gasteiger partial charge in [0.15, 0.2) is 15.8 Å². The lowest BCUT2D eigenvalue weighted by atomic mass is 9.96. The summed E-state index contributed by atoms with van der Waals surface area (Å²) in [5.41, 5.74) is 0. The smallest absolute Gasteiger partial charge is 0.191 e. The monoisotopic (exact) mass is 343 g/mol. The van der Waals surface area contributed by atoms with Crippen molar-refractivity contribution in [1.29, 1.82) is 0 Å². The number of sulfone groups is 1. The maximum absolute atomic E-state index is 11.6. The van der Waals surface area contributed by atoms with Crippen molar-refractivity contribution in [3.05, 3.63) is 0 Å². The van der Waals surface area contributed by atoms with Crippen LogP contribution in [0.1, 0.15) is 46.0 Å². The van der Waals surface area contributed by atoms with E-state index in [4.69, 9.17) is 4.74 Å². The van der Waals surface area contributed by atoms with Crippen LogP contribution in [0.3, 0.4) is 0 Å². The summed E-state index contributed by atoms with van der Waals surface area (Å²) >= 11 is 0. The van der Waals surface area contributed by atoms with Crippen molar-refractivity contribution < 1.29 is 13.2 Å². The molecule has 0 amide bonds. The van der Waals surface area contributed by atoms with Gasteiger partial charge in [-0.05, 0) is 44.9 Å². The molecule has 2 bridgehead atoms. The Bertz CT molecular complexity index is 549. The Morgan fingerprint density at radius 3 is 2.74 bits per heavy atom. The number of rotatable bonds is 5. The van der Waals surface area contributed by atoms with Crippen LogP contribution < -0.4 is 10.6 Å². The number of hydrogen-bond acceptors (Lipinski definition) is 4. The molecule has 3 aliphatic rings. The van der Waals surface area contributed by atoms with E-state index in [0.717, 1.165) is 31.6 Å². The third-order valence-electron chi connectivity index (χ3n) is 5.26. The normalized spacial score (nSPS) is 37.0. The van der Waals surface area contributed by atoms with Gasteiger partial charge in [0.2, 0.25) is 0 Å². The first kappa shape index (κ1) is 17.0. The molecule has 7 heteroatoms. The lowest BCUT2D eigenvalue weighted by Gasteiger charge is -2.25. The Morgan fingerprint density at radius 2 is 2.17 bits per heavy atom. The highest BCUT2D eigenvalue weighted by atomic mass is 32.2. The average Bonchev–Trinajstić information content (AvgIpc) is 3.20. The highest BCUT2D eigenvalue weighted by Gasteiger charge is 2.41. The molecule has 0 aromatic carbocycles. The molecule has 6 nitrogen and oxygen atoms in total. The maximum atomic E-state index is 11.6. The van der Waals surface area contributed by atoms with E-state index >= 15 is 0 Å². The molecule has 3 saturated heterocycles. The summed E-state index contributed by atoms with van der Waals surface area (Å²) in [7, 11) is -2.83. The minimum atomic E-state index is -2.83. The maximum Gasteiger partial charge on any atom is 0.191 e. The van der Waals surface area contributed by atoms with Gasteiger partial charge in [-0.15, -0.1) is 0 Å². The molecule has 3 aliphatic heterocycles. The van der Waals surface area contributed by atoms with Crippen molar-refractivity contribution in [2.45, 2.75) is 70.2 Å². The quantitative estimate of drug-likeness (QED) is 0.577. The lowest BCUT2D eigenvalue weighted by Crippen LogP contribution is -2.49. The first-order chi connectivity index (χ1) is 10.9. The van der Waals surface area contributed by atoms with Crippen molar-refractivity contribution in [2.75, 3.05) is 18.1 Å². The minimum Gasteiger partial charge on any atom is -0.373 e. The molecular formula is C16H29N3O3S. The van der Waals surface area contributed by atoms with Gasteiger partial charge >= 0.3 is 0 Å². The van der Waals surface area contributed by atoms with Crippen molar-refractivity contribution in [3.8, 4) is 0 Å².